The van der Waals surface area contributed by atoms with Crippen LogP contribution in [0.1, 0.15) is 5.56 Å². The van der Waals surface area contributed by atoms with Gasteiger partial charge in [0.25, 0.3) is 0 Å². The molecular formula is C17H25N3O4. The van der Waals surface area contributed by atoms with Crippen molar-refractivity contribution in [1.82, 2.24) is 15.5 Å². The molecule has 1 atom stereocenters. The third-order valence-corrected chi connectivity index (χ3v) is 3.87. The maximum absolute atomic E-state index is 12.1. The van der Waals surface area contributed by atoms with Gasteiger partial charge in [-0.05, 0) is 5.56 Å². The highest BCUT2D eigenvalue weighted by molar-refractivity contribution is 5.88. The van der Waals surface area contributed by atoms with Crippen LogP contribution >= 0.6 is 0 Å². The molecule has 1 aliphatic heterocycles. The van der Waals surface area contributed by atoms with Gasteiger partial charge in [0.15, 0.2) is 0 Å². The maximum Gasteiger partial charge on any atom is 0.245 e. The molecular weight excluding hydrogens is 310 g/mol. The summed E-state index contributed by atoms with van der Waals surface area (Å²) in [5.41, 5.74) is 0.861. The topological polar surface area (TPSA) is 90.9 Å². The maximum atomic E-state index is 12.1. The van der Waals surface area contributed by atoms with E-state index in [1.54, 1.807) is 0 Å². The average Bonchev–Trinajstić information content (AvgIpc) is 2.61. The van der Waals surface area contributed by atoms with E-state index in [4.69, 9.17) is 4.74 Å². The summed E-state index contributed by atoms with van der Waals surface area (Å²) < 4.78 is 5.27. The molecule has 3 N–H and O–H groups in total. The molecule has 24 heavy (non-hydrogen) atoms. The lowest BCUT2D eigenvalue weighted by Crippen LogP contribution is -2.51. The summed E-state index contributed by atoms with van der Waals surface area (Å²) in [5.74, 6) is -0.657. The molecule has 1 aliphatic rings. The highest BCUT2D eigenvalue weighted by atomic mass is 16.5. The van der Waals surface area contributed by atoms with E-state index in [1.807, 2.05) is 30.3 Å². The quantitative estimate of drug-likeness (QED) is 0.576. The number of carbonyl (C=O) groups excluding carboxylic acids is 2. The Morgan fingerprint density at radius 2 is 1.92 bits per heavy atom. The molecule has 1 aromatic rings. The van der Waals surface area contributed by atoms with Crippen LogP contribution in [-0.2, 0) is 20.7 Å². The summed E-state index contributed by atoms with van der Waals surface area (Å²) in [6, 6.07) is 8.34. The van der Waals surface area contributed by atoms with Gasteiger partial charge < -0.3 is 20.5 Å². The van der Waals surface area contributed by atoms with Gasteiger partial charge in [-0.2, -0.15) is 0 Å². The molecule has 2 rings (SSSR count). The number of morpholine rings is 1. The van der Waals surface area contributed by atoms with Crippen LogP contribution in [0.2, 0.25) is 0 Å². The first-order chi connectivity index (χ1) is 11.7. The molecule has 1 heterocycles. The zero-order valence-corrected chi connectivity index (χ0v) is 13.7. The van der Waals surface area contributed by atoms with Gasteiger partial charge in [0, 0.05) is 26.2 Å². The molecule has 7 nitrogen and oxygen atoms in total. The minimum absolute atomic E-state index is 0.179. The Labute approximate surface area is 142 Å². The fraction of sp³-hybridized carbons (Fsp3) is 0.529. The van der Waals surface area contributed by atoms with Crippen LogP contribution in [0, 0.1) is 0 Å². The second-order valence-corrected chi connectivity index (χ2v) is 5.71. The van der Waals surface area contributed by atoms with Crippen molar-refractivity contribution in [2.24, 2.45) is 0 Å². The predicted octanol–water partition coefficient (Wildman–Crippen LogP) is -0.845. The molecule has 7 heteroatoms. The molecule has 2 amide bonds. The monoisotopic (exact) mass is 335 g/mol. The summed E-state index contributed by atoms with van der Waals surface area (Å²) in [6.07, 6.45) is 0.179. The first-order valence-electron chi connectivity index (χ1n) is 8.21. The number of carbonyl (C=O) groups is 2. The largest absolute Gasteiger partial charge is 0.394 e. The van der Waals surface area contributed by atoms with Gasteiger partial charge in [0.2, 0.25) is 11.8 Å². The van der Waals surface area contributed by atoms with Crippen LogP contribution in [0.25, 0.3) is 0 Å². The van der Waals surface area contributed by atoms with Gasteiger partial charge in [0.1, 0.15) is 6.04 Å². The summed E-state index contributed by atoms with van der Waals surface area (Å²) >= 11 is 0. The van der Waals surface area contributed by atoms with Gasteiger partial charge in [-0.15, -0.1) is 0 Å². The lowest BCUT2D eigenvalue weighted by Gasteiger charge is -2.26. The van der Waals surface area contributed by atoms with Crippen molar-refractivity contribution in [1.29, 1.82) is 0 Å². The normalized spacial score (nSPS) is 16.4. The van der Waals surface area contributed by atoms with Crippen molar-refractivity contribution in [3.8, 4) is 0 Å². The lowest BCUT2D eigenvalue weighted by atomic mass is 10.1. The van der Waals surface area contributed by atoms with Crippen LogP contribution in [-0.4, -0.2) is 73.9 Å². The minimum Gasteiger partial charge on any atom is -0.394 e. The van der Waals surface area contributed by atoms with Crippen molar-refractivity contribution in [3.05, 3.63) is 35.9 Å². The molecule has 0 spiro atoms. The van der Waals surface area contributed by atoms with Crippen molar-refractivity contribution in [2.75, 3.05) is 46.0 Å². The molecule has 0 aromatic heterocycles. The van der Waals surface area contributed by atoms with Gasteiger partial charge in [-0.25, -0.2) is 0 Å². The molecule has 0 aliphatic carbocycles. The lowest BCUT2D eigenvalue weighted by molar-refractivity contribution is -0.129. The van der Waals surface area contributed by atoms with Crippen LogP contribution in [0.4, 0.5) is 0 Å². The fourth-order valence-electron chi connectivity index (χ4n) is 2.51. The first-order valence-corrected chi connectivity index (χ1v) is 8.21. The van der Waals surface area contributed by atoms with E-state index in [0.29, 0.717) is 19.8 Å². The van der Waals surface area contributed by atoms with Crippen LogP contribution in [0.15, 0.2) is 30.3 Å². The number of nitrogens with zero attached hydrogens (tertiary/aromatic N) is 1. The second kappa shape index (κ2) is 10.0. The average molecular weight is 335 g/mol. The van der Waals surface area contributed by atoms with E-state index in [1.165, 1.54) is 0 Å². The summed E-state index contributed by atoms with van der Waals surface area (Å²) in [5, 5.41) is 14.7. The summed E-state index contributed by atoms with van der Waals surface area (Å²) in [7, 11) is 0. The van der Waals surface area contributed by atoms with Gasteiger partial charge in [-0.1, -0.05) is 30.3 Å². The van der Waals surface area contributed by atoms with Crippen LogP contribution in [0.5, 0.6) is 0 Å². The SMILES string of the molecule is O=C(Cc1ccccc1)NC(CO)C(=O)NCCN1CCOCC1. The van der Waals surface area contributed by atoms with Gasteiger partial charge >= 0.3 is 0 Å². The van der Waals surface area contributed by atoms with E-state index >= 15 is 0 Å². The van der Waals surface area contributed by atoms with Crippen LogP contribution in [0.3, 0.4) is 0 Å². The second-order valence-electron chi connectivity index (χ2n) is 5.71. The number of ether oxygens (including phenoxy) is 1. The summed E-state index contributed by atoms with van der Waals surface area (Å²) in [4.78, 5) is 26.3. The van der Waals surface area contributed by atoms with Crippen molar-refractivity contribution < 1.29 is 19.4 Å². The van der Waals surface area contributed by atoms with Crippen molar-refractivity contribution >= 4 is 11.8 Å². The van der Waals surface area contributed by atoms with E-state index in [9.17, 15) is 14.7 Å². The molecule has 1 fully saturated rings. The van der Waals surface area contributed by atoms with E-state index in [-0.39, 0.29) is 18.2 Å². The third-order valence-electron chi connectivity index (χ3n) is 3.87. The minimum atomic E-state index is -0.925. The standard InChI is InChI=1S/C17H25N3O4/c21-13-15(19-16(22)12-14-4-2-1-3-5-14)17(23)18-6-7-20-8-10-24-11-9-20/h1-5,15,21H,6-13H2,(H,18,23)(H,19,22). The number of nitrogens with one attached hydrogen (secondary N) is 2. The molecule has 132 valence electrons. The number of aliphatic hydroxyl groups excluding tert-OH is 1. The molecule has 0 bridgehead atoms. The third kappa shape index (κ3) is 6.27. The molecule has 0 saturated carbocycles. The Morgan fingerprint density at radius 1 is 1.21 bits per heavy atom. The zero-order chi connectivity index (χ0) is 17.2. The smallest absolute Gasteiger partial charge is 0.245 e. The Balaban J connectivity index is 1.71. The molecule has 1 saturated heterocycles. The van der Waals surface area contributed by atoms with Crippen molar-refractivity contribution in [3.63, 3.8) is 0 Å². The first kappa shape index (κ1) is 18.4. The molecule has 0 radical (unpaired) electrons. The Morgan fingerprint density at radius 3 is 2.58 bits per heavy atom. The van der Waals surface area contributed by atoms with Gasteiger partial charge in [-0.3, -0.25) is 14.5 Å². The number of rotatable bonds is 8. The van der Waals surface area contributed by atoms with Gasteiger partial charge in [0.05, 0.1) is 26.2 Å². The number of hydrogen-bond donors (Lipinski definition) is 3. The number of benzene rings is 1. The predicted molar refractivity (Wildman–Crippen MR) is 89.4 cm³/mol. The summed E-state index contributed by atoms with van der Waals surface area (Å²) in [6.45, 7) is 3.91. The fourth-order valence-corrected chi connectivity index (χ4v) is 2.51. The Hall–Kier alpha value is -1.96. The van der Waals surface area contributed by atoms with Crippen LogP contribution < -0.4 is 10.6 Å². The van der Waals surface area contributed by atoms with E-state index < -0.39 is 12.6 Å². The van der Waals surface area contributed by atoms with Crippen molar-refractivity contribution in [2.45, 2.75) is 12.5 Å². The number of amides is 2. The number of hydrogen-bond acceptors (Lipinski definition) is 5. The highest BCUT2D eigenvalue weighted by Crippen LogP contribution is 2.00. The molecule has 1 aromatic carbocycles. The zero-order valence-electron chi connectivity index (χ0n) is 13.7. The number of aliphatic hydroxyl groups is 1. The molecule has 1 unspecified atom stereocenters. The Bertz CT molecular complexity index is 518. The Kier molecular flexibility index (Phi) is 7.67. The van der Waals surface area contributed by atoms with E-state index in [2.05, 4.69) is 15.5 Å². The highest BCUT2D eigenvalue weighted by Gasteiger charge is 2.20. The van der Waals surface area contributed by atoms with E-state index in [0.717, 1.165) is 25.2 Å².